The predicted molar refractivity (Wildman–Crippen MR) is 62.3 cm³/mol. The summed E-state index contributed by atoms with van der Waals surface area (Å²) in [6.45, 7) is 0. The van der Waals surface area contributed by atoms with Gasteiger partial charge >= 0.3 is 6.03 Å². The normalized spacial score (nSPS) is 17.5. The van der Waals surface area contributed by atoms with Crippen molar-refractivity contribution in [3.8, 4) is 5.75 Å². The second kappa shape index (κ2) is 4.29. The molecule has 1 heterocycles. The Hall–Kier alpha value is -2.30. The summed E-state index contributed by atoms with van der Waals surface area (Å²) in [7, 11) is 3.02. The first kappa shape index (κ1) is 11.2. The Bertz CT molecular complexity index is 491. The van der Waals surface area contributed by atoms with Crippen molar-refractivity contribution >= 4 is 18.0 Å². The van der Waals surface area contributed by atoms with E-state index in [2.05, 4.69) is 5.32 Å². The lowest BCUT2D eigenvalue weighted by Gasteiger charge is -2.01. The van der Waals surface area contributed by atoms with Crippen molar-refractivity contribution in [3.05, 3.63) is 35.5 Å². The number of carbonyl (C=O) groups is 2. The highest BCUT2D eigenvalue weighted by Crippen LogP contribution is 2.15. The van der Waals surface area contributed by atoms with Crippen LogP contribution in [-0.4, -0.2) is 31.0 Å². The molecule has 5 nitrogen and oxygen atoms in total. The smallest absolute Gasteiger partial charge is 0.328 e. The maximum Gasteiger partial charge on any atom is 0.328 e. The maximum absolute atomic E-state index is 11.6. The van der Waals surface area contributed by atoms with E-state index in [-0.39, 0.29) is 11.6 Å². The van der Waals surface area contributed by atoms with Gasteiger partial charge in [0.15, 0.2) is 0 Å². The molecule has 17 heavy (non-hydrogen) atoms. The topological polar surface area (TPSA) is 58.6 Å². The van der Waals surface area contributed by atoms with Crippen molar-refractivity contribution in [3.63, 3.8) is 0 Å². The van der Waals surface area contributed by atoms with Gasteiger partial charge in [-0.2, -0.15) is 0 Å². The van der Waals surface area contributed by atoms with Gasteiger partial charge in [-0.3, -0.25) is 9.69 Å². The fraction of sp³-hybridized carbons (Fsp3) is 0.167. The van der Waals surface area contributed by atoms with Crippen molar-refractivity contribution in [1.82, 2.24) is 10.2 Å². The first-order valence-corrected chi connectivity index (χ1v) is 5.06. The van der Waals surface area contributed by atoms with Crippen LogP contribution in [0, 0.1) is 0 Å². The Morgan fingerprint density at radius 1 is 1.24 bits per heavy atom. The Labute approximate surface area is 98.7 Å². The highest BCUT2D eigenvalue weighted by molar-refractivity contribution is 6.13. The molecule has 1 aliphatic rings. The number of nitrogens with zero attached hydrogens (tertiary/aromatic N) is 1. The van der Waals surface area contributed by atoms with Gasteiger partial charge in [0.1, 0.15) is 11.4 Å². The zero-order valence-electron chi connectivity index (χ0n) is 9.56. The van der Waals surface area contributed by atoms with E-state index in [1.807, 2.05) is 12.1 Å². The molecule has 0 aliphatic carbocycles. The Morgan fingerprint density at radius 2 is 1.88 bits per heavy atom. The summed E-state index contributed by atoms with van der Waals surface area (Å²) in [5.41, 5.74) is 1.10. The number of carbonyl (C=O) groups excluding carboxylic acids is 2. The van der Waals surface area contributed by atoms with Gasteiger partial charge in [0.05, 0.1) is 7.11 Å². The third kappa shape index (κ3) is 2.13. The molecular formula is C12H12N2O3. The number of hydrogen-bond donors (Lipinski definition) is 1. The number of urea groups is 1. The van der Waals surface area contributed by atoms with E-state index in [1.165, 1.54) is 7.05 Å². The minimum atomic E-state index is -0.408. The number of rotatable bonds is 2. The molecule has 0 atom stereocenters. The molecular weight excluding hydrogens is 220 g/mol. The number of imide groups is 1. The summed E-state index contributed by atoms with van der Waals surface area (Å²) >= 11 is 0. The Kier molecular flexibility index (Phi) is 2.82. The van der Waals surface area contributed by atoms with Crippen LogP contribution in [0.3, 0.4) is 0 Å². The van der Waals surface area contributed by atoms with Gasteiger partial charge in [-0.05, 0) is 23.8 Å². The molecule has 3 amide bonds. The van der Waals surface area contributed by atoms with Crippen molar-refractivity contribution in [2.45, 2.75) is 0 Å². The molecule has 1 aliphatic heterocycles. The predicted octanol–water partition coefficient (Wildman–Crippen LogP) is 1.22. The van der Waals surface area contributed by atoms with E-state index < -0.39 is 6.03 Å². The minimum absolute atomic E-state index is 0.280. The Balaban J connectivity index is 2.24. The van der Waals surface area contributed by atoms with Crippen LogP contribution >= 0.6 is 0 Å². The number of methoxy groups -OCH3 is 1. The standard InChI is InChI=1S/C12H12N2O3/c1-14-11(15)10(13-12(14)16)7-8-3-5-9(17-2)6-4-8/h3-7H,1-2H3,(H,13,16). The molecule has 88 valence electrons. The van der Waals surface area contributed by atoms with Crippen LogP contribution < -0.4 is 10.1 Å². The third-order valence-electron chi connectivity index (χ3n) is 2.51. The fourth-order valence-corrected chi connectivity index (χ4v) is 1.49. The number of likely N-dealkylation sites (N-methyl/N-ethyl adjacent to an activating group) is 1. The molecule has 0 unspecified atom stereocenters. The van der Waals surface area contributed by atoms with Gasteiger partial charge in [-0.15, -0.1) is 0 Å². The SMILES string of the molecule is COc1ccc(C=C2NC(=O)N(C)C2=O)cc1. The molecule has 0 saturated carbocycles. The van der Waals surface area contributed by atoms with Crippen molar-refractivity contribution in [2.75, 3.05) is 14.2 Å². The molecule has 0 radical (unpaired) electrons. The number of amides is 3. The lowest BCUT2D eigenvalue weighted by molar-refractivity contribution is -0.121. The van der Waals surface area contributed by atoms with Crippen molar-refractivity contribution in [1.29, 1.82) is 0 Å². The molecule has 5 heteroatoms. The fourth-order valence-electron chi connectivity index (χ4n) is 1.49. The van der Waals surface area contributed by atoms with Crippen LogP contribution in [0.1, 0.15) is 5.56 Å². The monoisotopic (exact) mass is 232 g/mol. The summed E-state index contributed by atoms with van der Waals surface area (Å²) in [5, 5.41) is 2.50. The average Bonchev–Trinajstić information content (AvgIpc) is 2.58. The number of hydrogen-bond acceptors (Lipinski definition) is 3. The molecule has 0 aromatic heterocycles. The quantitative estimate of drug-likeness (QED) is 0.616. The minimum Gasteiger partial charge on any atom is -0.497 e. The zero-order chi connectivity index (χ0) is 12.4. The highest BCUT2D eigenvalue weighted by Gasteiger charge is 2.29. The number of ether oxygens (including phenoxy) is 1. The summed E-state index contributed by atoms with van der Waals surface area (Å²) in [6.07, 6.45) is 1.63. The lowest BCUT2D eigenvalue weighted by atomic mass is 10.2. The van der Waals surface area contributed by atoms with Gasteiger partial charge in [0, 0.05) is 7.05 Å². The van der Waals surface area contributed by atoms with Crippen LogP contribution in [0.25, 0.3) is 6.08 Å². The molecule has 1 N–H and O–H groups in total. The molecule has 1 saturated heterocycles. The van der Waals surface area contributed by atoms with Gasteiger partial charge in [-0.1, -0.05) is 12.1 Å². The summed E-state index contributed by atoms with van der Waals surface area (Å²) in [6, 6.07) is 6.79. The molecule has 1 fully saturated rings. The second-order valence-electron chi connectivity index (χ2n) is 3.63. The molecule has 1 aromatic rings. The van der Waals surface area contributed by atoms with E-state index >= 15 is 0 Å². The van der Waals surface area contributed by atoms with Crippen LogP contribution in [0.15, 0.2) is 30.0 Å². The van der Waals surface area contributed by atoms with Crippen LogP contribution in [0.2, 0.25) is 0 Å². The Morgan fingerprint density at radius 3 is 2.35 bits per heavy atom. The van der Waals surface area contributed by atoms with E-state index in [0.717, 1.165) is 16.2 Å². The maximum atomic E-state index is 11.6. The van der Waals surface area contributed by atoms with Gasteiger partial charge in [0.25, 0.3) is 5.91 Å². The third-order valence-corrected chi connectivity index (χ3v) is 2.51. The molecule has 0 bridgehead atoms. The van der Waals surface area contributed by atoms with E-state index in [9.17, 15) is 9.59 Å². The van der Waals surface area contributed by atoms with E-state index in [0.29, 0.717) is 0 Å². The zero-order valence-corrected chi connectivity index (χ0v) is 9.56. The van der Waals surface area contributed by atoms with Gasteiger partial charge in [-0.25, -0.2) is 4.79 Å². The van der Waals surface area contributed by atoms with Crippen LogP contribution in [0.5, 0.6) is 5.75 Å². The van der Waals surface area contributed by atoms with Crippen molar-refractivity contribution in [2.24, 2.45) is 0 Å². The first-order chi connectivity index (χ1) is 8.11. The summed E-state index contributed by atoms with van der Waals surface area (Å²) in [4.78, 5) is 23.8. The highest BCUT2D eigenvalue weighted by atomic mass is 16.5. The van der Waals surface area contributed by atoms with Crippen molar-refractivity contribution < 1.29 is 14.3 Å². The largest absolute Gasteiger partial charge is 0.497 e. The lowest BCUT2D eigenvalue weighted by Crippen LogP contribution is -2.25. The van der Waals surface area contributed by atoms with Crippen LogP contribution in [0.4, 0.5) is 4.79 Å². The van der Waals surface area contributed by atoms with Crippen LogP contribution in [-0.2, 0) is 4.79 Å². The molecule has 0 spiro atoms. The second-order valence-corrected chi connectivity index (χ2v) is 3.63. The molecule has 1 aromatic carbocycles. The summed E-state index contributed by atoms with van der Waals surface area (Å²) in [5.74, 6) is 0.414. The number of nitrogens with one attached hydrogen (secondary N) is 1. The van der Waals surface area contributed by atoms with Gasteiger partial charge < -0.3 is 10.1 Å². The van der Waals surface area contributed by atoms with E-state index in [1.54, 1.807) is 25.3 Å². The first-order valence-electron chi connectivity index (χ1n) is 5.06. The molecule has 2 rings (SSSR count). The van der Waals surface area contributed by atoms with E-state index in [4.69, 9.17) is 4.74 Å². The number of benzene rings is 1. The summed E-state index contributed by atoms with van der Waals surface area (Å²) < 4.78 is 5.03. The van der Waals surface area contributed by atoms with Gasteiger partial charge in [0.2, 0.25) is 0 Å². The average molecular weight is 232 g/mol.